The Morgan fingerprint density at radius 1 is 0.838 bits per heavy atom. The Bertz CT molecular complexity index is 1210. The molecule has 1 amide bonds. The Morgan fingerprint density at radius 3 is 2.22 bits per heavy atom. The molecular weight excluding hydrogens is 462 g/mol. The number of carbonyl (C=O) groups is 2. The van der Waals surface area contributed by atoms with Crippen molar-refractivity contribution in [2.45, 2.75) is 44.2 Å². The van der Waals surface area contributed by atoms with Gasteiger partial charge in [-0.05, 0) is 74.0 Å². The number of carbonyl (C=O) groups excluding carboxylic acids is 1. The standard InChI is InChI=1S/C31H35N3O3/c35-29(36)27-14-9-13-26(22-27)23-33-24-34(28-15-5-2-6-16-28)31(30(33)37)17-20-32(21-18-31)19-8-7-12-25-10-3-1-4-11-25/h1-6,9-11,13-16,22H,7-8,12,17-21,23-24H2,(H,35,36). The van der Waals surface area contributed by atoms with Crippen LogP contribution in [0.1, 0.15) is 47.2 Å². The van der Waals surface area contributed by atoms with Gasteiger partial charge in [-0.2, -0.15) is 0 Å². The molecule has 2 heterocycles. The number of nitrogens with zero attached hydrogens (tertiary/aromatic N) is 3. The maximum absolute atomic E-state index is 14.0. The van der Waals surface area contributed by atoms with Gasteiger partial charge in [-0.25, -0.2) is 4.79 Å². The molecule has 3 aromatic rings. The molecule has 2 aliphatic rings. The van der Waals surface area contributed by atoms with E-state index in [2.05, 4.69) is 52.3 Å². The smallest absolute Gasteiger partial charge is 0.335 e. The molecule has 6 nitrogen and oxygen atoms in total. The van der Waals surface area contributed by atoms with Crippen molar-refractivity contribution in [3.05, 3.63) is 102 Å². The van der Waals surface area contributed by atoms with E-state index < -0.39 is 11.5 Å². The molecule has 6 heteroatoms. The van der Waals surface area contributed by atoms with Gasteiger partial charge in [-0.3, -0.25) is 4.79 Å². The number of hydrogen-bond donors (Lipinski definition) is 1. The SMILES string of the molecule is O=C(O)c1cccc(CN2CN(c3ccccc3)C3(CCN(CCCCc4ccccc4)CC3)C2=O)c1. The molecule has 37 heavy (non-hydrogen) atoms. The van der Waals surface area contributed by atoms with Crippen molar-refractivity contribution in [2.75, 3.05) is 31.2 Å². The molecule has 1 N–H and O–H groups in total. The van der Waals surface area contributed by atoms with Crippen LogP contribution in [0.3, 0.4) is 0 Å². The van der Waals surface area contributed by atoms with Crippen LogP contribution in [-0.4, -0.2) is 58.6 Å². The summed E-state index contributed by atoms with van der Waals surface area (Å²) in [4.78, 5) is 32.1. The van der Waals surface area contributed by atoms with E-state index in [0.29, 0.717) is 13.2 Å². The minimum absolute atomic E-state index is 0.154. The maximum Gasteiger partial charge on any atom is 0.335 e. The molecule has 2 aliphatic heterocycles. The lowest BCUT2D eigenvalue weighted by molar-refractivity contribution is -0.134. The summed E-state index contributed by atoms with van der Waals surface area (Å²) in [6.07, 6.45) is 5.03. The molecule has 192 valence electrons. The van der Waals surface area contributed by atoms with Crippen molar-refractivity contribution in [3.63, 3.8) is 0 Å². The highest BCUT2D eigenvalue weighted by molar-refractivity contribution is 5.93. The van der Waals surface area contributed by atoms with Crippen molar-refractivity contribution < 1.29 is 14.7 Å². The molecule has 2 fully saturated rings. The zero-order chi connectivity index (χ0) is 25.7. The topological polar surface area (TPSA) is 64.1 Å². The fraction of sp³-hybridized carbons (Fsp3) is 0.355. The van der Waals surface area contributed by atoms with E-state index in [9.17, 15) is 14.7 Å². The normalized spacial score (nSPS) is 17.5. The molecule has 5 rings (SSSR count). The van der Waals surface area contributed by atoms with Gasteiger partial charge < -0.3 is 19.8 Å². The van der Waals surface area contributed by atoms with Gasteiger partial charge in [0.15, 0.2) is 0 Å². The summed E-state index contributed by atoms with van der Waals surface area (Å²) >= 11 is 0. The summed E-state index contributed by atoms with van der Waals surface area (Å²) in [6, 6.07) is 27.8. The van der Waals surface area contributed by atoms with Crippen LogP contribution in [-0.2, 0) is 17.8 Å². The zero-order valence-electron chi connectivity index (χ0n) is 21.3. The monoisotopic (exact) mass is 497 g/mol. The van der Waals surface area contributed by atoms with Crippen LogP contribution < -0.4 is 4.90 Å². The van der Waals surface area contributed by atoms with Gasteiger partial charge in [0.05, 0.1) is 12.2 Å². The van der Waals surface area contributed by atoms with Gasteiger partial charge in [0, 0.05) is 25.3 Å². The van der Waals surface area contributed by atoms with E-state index in [1.165, 1.54) is 12.0 Å². The van der Waals surface area contributed by atoms with Crippen molar-refractivity contribution >= 4 is 17.6 Å². The maximum atomic E-state index is 14.0. The van der Waals surface area contributed by atoms with E-state index in [-0.39, 0.29) is 11.5 Å². The second kappa shape index (κ2) is 11.2. The first-order chi connectivity index (χ1) is 18.0. The number of anilines is 1. The van der Waals surface area contributed by atoms with Gasteiger partial charge >= 0.3 is 5.97 Å². The lowest BCUT2D eigenvalue weighted by atomic mass is 9.85. The number of likely N-dealkylation sites (tertiary alicyclic amines) is 1. The predicted octanol–water partition coefficient (Wildman–Crippen LogP) is 5.05. The van der Waals surface area contributed by atoms with Crippen molar-refractivity contribution in [3.8, 4) is 0 Å². The minimum Gasteiger partial charge on any atom is -0.478 e. The fourth-order valence-corrected chi connectivity index (χ4v) is 5.80. The Morgan fingerprint density at radius 2 is 1.51 bits per heavy atom. The second-order valence-corrected chi connectivity index (χ2v) is 10.2. The van der Waals surface area contributed by atoms with Crippen molar-refractivity contribution in [1.29, 1.82) is 0 Å². The van der Waals surface area contributed by atoms with Crippen LogP contribution in [0.5, 0.6) is 0 Å². The highest BCUT2D eigenvalue weighted by Crippen LogP contribution is 2.40. The average molecular weight is 498 g/mol. The fourth-order valence-electron chi connectivity index (χ4n) is 5.80. The zero-order valence-corrected chi connectivity index (χ0v) is 21.3. The quantitative estimate of drug-likeness (QED) is 0.419. The van der Waals surface area contributed by atoms with Gasteiger partial charge in [-0.15, -0.1) is 0 Å². The summed E-state index contributed by atoms with van der Waals surface area (Å²) in [5.74, 6) is -0.797. The Kier molecular flexibility index (Phi) is 7.56. The molecule has 0 unspecified atom stereocenters. The molecule has 0 radical (unpaired) electrons. The Balaban J connectivity index is 1.25. The first-order valence-corrected chi connectivity index (χ1v) is 13.3. The van der Waals surface area contributed by atoms with Crippen LogP contribution in [0.4, 0.5) is 5.69 Å². The van der Waals surface area contributed by atoms with Crippen molar-refractivity contribution in [1.82, 2.24) is 9.80 Å². The van der Waals surface area contributed by atoms with E-state index in [0.717, 1.165) is 56.6 Å². The molecular formula is C31H35N3O3. The highest BCUT2D eigenvalue weighted by atomic mass is 16.4. The summed E-state index contributed by atoms with van der Waals surface area (Å²) in [5.41, 5.74) is 3.00. The van der Waals surface area contributed by atoms with Crippen LogP contribution in [0.2, 0.25) is 0 Å². The van der Waals surface area contributed by atoms with Crippen molar-refractivity contribution in [2.24, 2.45) is 0 Å². The third-order valence-electron chi connectivity index (χ3n) is 7.85. The predicted molar refractivity (Wildman–Crippen MR) is 146 cm³/mol. The number of carboxylic acid groups (broad SMARTS) is 1. The van der Waals surface area contributed by atoms with Gasteiger partial charge in [-0.1, -0.05) is 60.7 Å². The number of aromatic carboxylic acids is 1. The number of piperidine rings is 1. The molecule has 3 aromatic carbocycles. The van der Waals surface area contributed by atoms with Crippen LogP contribution in [0, 0.1) is 0 Å². The second-order valence-electron chi connectivity index (χ2n) is 10.2. The summed E-state index contributed by atoms with van der Waals surface area (Å²) in [5, 5.41) is 9.38. The molecule has 0 atom stereocenters. The lowest BCUT2D eigenvalue weighted by Gasteiger charge is -2.43. The largest absolute Gasteiger partial charge is 0.478 e. The number of aryl methyl sites for hydroxylation is 1. The van der Waals surface area contributed by atoms with Crippen LogP contribution in [0.25, 0.3) is 0 Å². The first-order valence-electron chi connectivity index (χ1n) is 13.3. The number of carboxylic acids is 1. The Hall–Kier alpha value is -3.64. The molecule has 0 bridgehead atoms. The number of amides is 1. The number of rotatable bonds is 9. The molecule has 0 saturated carbocycles. The number of para-hydroxylation sites is 1. The lowest BCUT2D eigenvalue weighted by Crippen LogP contribution is -2.56. The third-order valence-corrected chi connectivity index (χ3v) is 7.85. The highest BCUT2D eigenvalue weighted by Gasteiger charge is 2.53. The summed E-state index contributed by atoms with van der Waals surface area (Å²) in [6.45, 7) is 3.80. The van der Waals surface area contributed by atoms with Gasteiger partial charge in [0.25, 0.3) is 0 Å². The molecule has 2 saturated heterocycles. The summed E-state index contributed by atoms with van der Waals surface area (Å²) in [7, 11) is 0. The molecule has 1 spiro atoms. The Labute approximate surface area is 219 Å². The molecule has 0 aliphatic carbocycles. The number of benzene rings is 3. The molecule has 0 aromatic heterocycles. The van der Waals surface area contributed by atoms with Crippen LogP contribution >= 0.6 is 0 Å². The van der Waals surface area contributed by atoms with E-state index in [1.54, 1.807) is 18.2 Å². The van der Waals surface area contributed by atoms with Crippen LogP contribution in [0.15, 0.2) is 84.9 Å². The number of hydrogen-bond acceptors (Lipinski definition) is 4. The third kappa shape index (κ3) is 5.54. The summed E-state index contributed by atoms with van der Waals surface area (Å²) < 4.78 is 0. The average Bonchev–Trinajstić information content (AvgIpc) is 3.19. The number of unbranched alkanes of at least 4 members (excludes halogenated alkanes) is 1. The van der Waals surface area contributed by atoms with E-state index >= 15 is 0 Å². The van der Waals surface area contributed by atoms with E-state index in [4.69, 9.17) is 0 Å². The first kappa shape index (κ1) is 25.0. The minimum atomic E-state index is -0.951. The van der Waals surface area contributed by atoms with Gasteiger partial charge in [0.2, 0.25) is 5.91 Å². The van der Waals surface area contributed by atoms with E-state index in [1.807, 2.05) is 29.2 Å². The van der Waals surface area contributed by atoms with Gasteiger partial charge in [0.1, 0.15) is 5.54 Å².